The second kappa shape index (κ2) is 6.53. The lowest BCUT2D eigenvalue weighted by Crippen LogP contribution is -2.34. The summed E-state index contributed by atoms with van der Waals surface area (Å²) in [6.45, 7) is 0.908. The molecular weight excluding hydrogens is 297 g/mol. The van der Waals surface area contributed by atoms with Gasteiger partial charge in [-0.3, -0.25) is 4.79 Å². The van der Waals surface area contributed by atoms with Crippen molar-refractivity contribution in [3.63, 3.8) is 0 Å². The standard InChI is InChI=1S/C14H18FNO4S/c1-21(18,19)9-13(17)16-8-11-6-7-20-14(11)10-2-4-12(15)5-3-10/h2-5,11,14H,6-9H2,1H3,(H,16,17)/t11-,14-/m0/s1. The van der Waals surface area contributed by atoms with Crippen LogP contribution in [0.15, 0.2) is 24.3 Å². The molecule has 1 aromatic carbocycles. The average Bonchev–Trinajstić information content (AvgIpc) is 2.83. The minimum absolute atomic E-state index is 0.0546. The van der Waals surface area contributed by atoms with Crippen LogP contribution in [-0.2, 0) is 19.4 Å². The molecule has 0 spiro atoms. The molecule has 1 fully saturated rings. The molecule has 21 heavy (non-hydrogen) atoms. The Kier molecular flexibility index (Phi) is 4.95. The molecule has 0 aromatic heterocycles. The molecule has 0 saturated carbocycles. The molecule has 0 bridgehead atoms. The van der Waals surface area contributed by atoms with Crippen molar-refractivity contribution in [3.05, 3.63) is 35.6 Å². The predicted octanol–water partition coefficient (Wildman–Crippen LogP) is 1.06. The first-order valence-electron chi connectivity index (χ1n) is 6.66. The van der Waals surface area contributed by atoms with E-state index in [0.29, 0.717) is 13.2 Å². The third-order valence-electron chi connectivity index (χ3n) is 3.37. The fourth-order valence-electron chi connectivity index (χ4n) is 2.40. The van der Waals surface area contributed by atoms with E-state index in [0.717, 1.165) is 18.2 Å². The Balaban J connectivity index is 1.93. The number of rotatable bonds is 5. The molecule has 0 unspecified atom stereocenters. The van der Waals surface area contributed by atoms with Crippen LogP contribution in [0.2, 0.25) is 0 Å². The highest BCUT2D eigenvalue weighted by atomic mass is 32.2. The van der Waals surface area contributed by atoms with Gasteiger partial charge in [-0.05, 0) is 24.1 Å². The van der Waals surface area contributed by atoms with E-state index in [1.807, 2.05) is 0 Å². The summed E-state index contributed by atoms with van der Waals surface area (Å²) in [7, 11) is -3.32. The van der Waals surface area contributed by atoms with E-state index >= 15 is 0 Å². The highest BCUT2D eigenvalue weighted by Crippen LogP contribution is 2.34. The number of ether oxygens (including phenoxy) is 1. The van der Waals surface area contributed by atoms with E-state index in [-0.39, 0.29) is 17.8 Å². The molecule has 1 aliphatic heterocycles. The van der Waals surface area contributed by atoms with Crippen molar-refractivity contribution >= 4 is 15.7 Å². The van der Waals surface area contributed by atoms with E-state index in [1.165, 1.54) is 12.1 Å². The Bertz CT molecular complexity index is 600. The fourth-order valence-corrected chi connectivity index (χ4v) is 2.98. The Labute approximate surface area is 123 Å². The number of carbonyl (C=O) groups is 1. The second-order valence-electron chi connectivity index (χ2n) is 5.27. The first kappa shape index (κ1) is 15.9. The van der Waals surface area contributed by atoms with Crippen molar-refractivity contribution < 1.29 is 22.3 Å². The van der Waals surface area contributed by atoms with Crippen LogP contribution in [0.5, 0.6) is 0 Å². The molecule has 1 heterocycles. The number of amides is 1. The van der Waals surface area contributed by atoms with Crippen LogP contribution in [0.25, 0.3) is 0 Å². The fraction of sp³-hybridized carbons (Fsp3) is 0.500. The number of hydrogen-bond donors (Lipinski definition) is 1. The quantitative estimate of drug-likeness (QED) is 0.882. The zero-order valence-corrected chi connectivity index (χ0v) is 12.5. The maximum absolute atomic E-state index is 12.9. The third-order valence-corrected chi connectivity index (χ3v) is 4.15. The smallest absolute Gasteiger partial charge is 0.235 e. The molecular formula is C14H18FNO4S. The first-order chi connectivity index (χ1) is 9.85. The summed E-state index contributed by atoms with van der Waals surface area (Å²) in [6, 6.07) is 6.07. The highest BCUT2D eigenvalue weighted by molar-refractivity contribution is 7.91. The van der Waals surface area contributed by atoms with Gasteiger partial charge < -0.3 is 10.1 Å². The number of benzene rings is 1. The molecule has 0 aliphatic carbocycles. The number of nitrogens with one attached hydrogen (secondary N) is 1. The molecule has 1 aliphatic rings. The van der Waals surface area contributed by atoms with Crippen molar-refractivity contribution in [1.29, 1.82) is 0 Å². The van der Waals surface area contributed by atoms with Crippen molar-refractivity contribution in [2.45, 2.75) is 12.5 Å². The molecule has 116 valence electrons. The third kappa shape index (κ3) is 4.78. The molecule has 2 rings (SSSR count). The SMILES string of the molecule is CS(=O)(=O)CC(=O)NC[C@@H]1CCO[C@H]1c1ccc(F)cc1. The topological polar surface area (TPSA) is 72.5 Å². The van der Waals surface area contributed by atoms with Gasteiger partial charge in [0.2, 0.25) is 5.91 Å². The van der Waals surface area contributed by atoms with Gasteiger partial charge in [-0.15, -0.1) is 0 Å². The maximum Gasteiger partial charge on any atom is 0.235 e. The van der Waals surface area contributed by atoms with Gasteiger partial charge in [0.1, 0.15) is 11.6 Å². The second-order valence-corrected chi connectivity index (χ2v) is 7.41. The van der Waals surface area contributed by atoms with Crippen LogP contribution < -0.4 is 5.32 Å². The largest absolute Gasteiger partial charge is 0.373 e. The first-order valence-corrected chi connectivity index (χ1v) is 8.73. The van der Waals surface area contributed by atoms with Gasteiger partial charge in [0.15, 0.2) is 9.84 Å². The van der Waals surface area contributed by atoms with Gasteiger partial charge in [0.05, 0.1) is 6.10 Å². The van der Waals surface area contributed by atoms with Crippen LogP contribution >= 0.6 is 0 Å². The summed E-state index contributed by atoms with van der Waals surface area (Å²) in [5.74, 6) is -1.28. The molecule has 1 N–H and O–H groups in total. The minimum Gasteiger partial charge on any atom is -0.373 e. The molecule has 1 saturated heterocycles. The van der Waals surface area contributed by atoms with Crippen LogP contribution in [0.4, 0.5) is 4.39 Å². The Hall–Kier alpha value is -1.47. The Morgan fingerprint density at radius 2 is 2.05 bits per heavy atom. The van der Waals surface area contributed by atoms with Crippen LogP contribution in [-0.4, -0.2) is 39.5 Å². The summed E-state index contributed by atoms with van der Waals surface area (Å²) in [5, 5.41) is 2.62. The van der Waals surface area contributed by atoms with E-state index < -0.39 is 21.5 Å². The van der Waals surface area contributed by atoms with E-state index in [9.17, 15) is 17.6 Å². The van der Waals surface area contributed by atoms with Gasteiger partial charge in [-0.1, -0.05) is 12.1 Å². The zero-order chi connectivity index (χ0) is 15.5. The van der Waals surface area contributed by atoms with Gasteiger partial charge in [-0.25, -0.2) is 12.8 Å². The van der Waals surface area contributed by atoms with Gasteiger partial charge in [0.25, 0.3) is 0 Å². The zero-order valence-electron chi connectivity index (χ0n) is 11.7. The van der Waals surface area contributed by atoms with Crippen molar-refractivity contribution in [2.24, 2.45) is 5.92 Å². The number of halogens is 1. The molecule has 1 aromatic rings. The number of hydrogen-bond acceptors (Lipinski definition) is 4. The maximum atomic E-state index is 12.9. The Morgan fingerprint density at radius 3 is 2.67 bits per heavy atom. The lowest BCUT2D eigenvalue weighted by atomic mass is 9.95. The van der Waals surface area contributed by atoms with Gasteiger partial charge in [-0.2, -0.15) is 0 Å². The Morgan fingerprint density at radius 1 is 1.38 bits per heavy atom. The molecule has 0 radical (unpaired) electrons. The van der Waals surface area contributed by atoms with Crippen LogP contribution in [0, 0.1) is 11.7 Å². The summed E-state index contributed by atoms with van der Waals surface area (Å²) in [6.07, 6.45) is 1.58. The van der Waals surface area contributed by atoms with Gasteiger partial charge in [0, 0.05) is 25.3 Å². The minimum atomic E-state index is -3.32. The lowest BCUT2D eigenvalue weighted by molar-refractivity contribution is -0.118. The lowest BCUT2D eigenvalue weighted by Gasteiger charge is -2.19. The number of carbonyl (C=O) groups excluding carboxylic acids is 1. The molecule has 7 heteroatoms. The summed E-state index contributed by atoms with van der Waals surface area (Å²) < 4.78 is 40.6. The summed E-state index contributed by atoms with van der Waals surface area (Å²) >= 11 is 0. The van der Waals surface area contributed by atoms with Crippen molar-refractivity contribution in [2.75, 3.05) is 25.2 Å². The normalized spacial score (nSPS) is 22.2. The van der Waals surface area contributed by atoms with E-state index in [4.69, 9.17) is 4.74 Å². The molecule has 2 atom stereocenters. The van der Waals surface area contributed by atoms with Gasteiger partial charge >= 0.3 is 0 Å². The summed E-state index contributed by atoms with van der Waals surface area (Å²) in [4.78, 5) is 11.5. The number of sulfone groups is 1. The predicted molar refractivity (Wildman–Crippen MR) is 75.9 cm³/mol. The van der Waals surface area contributed by atoms with Crippen LogP contribution in [0.3, 0.4) is 0 Å². The van der Waals surface area contributed by atoms with Crippen molar-refractivity contribution in [3.8, 4) is 0 Å². The molecule has 1 amide bonds. The van der Waals surface area contributed by atoms with Crippen molar-refractivity contribution in [1.82, 2.24) is 5.32 Å². The highest BCUT2D eigenvalue weighted by Gasteiger charge is 2.30. The van der Waals surface area contributed by atoms with Crippen LogP contribution in [0.1, 0.15) is 18.1 Å². The van der Waals surface area contributed by atoms with E-state index in [2.05, 4.69) is 5.32 Å². The van der Waals surface area contributed by atoms with E-state index in [1.54, 1.807) is 12.1 Å². The molecule has 5 nitrogen and oxygen atoms in total. The average molecular weight is 315 g/mol. The monoisotopic (exact) mass is 315 g/mol. The summed E-state index contributed by atoms with van der Waals surface area (Å²) in [5.41, 5.74) is 0.858.